The van der Waals surface area contributed by atoms with Gasteiger partial charge in [0.2, 0.25) is 0 Å². The molecule has 2 aromatic heterocycles. The number of anilines is 3. The summed E-state index contributed by atoms with van der Waals surface area (Å²) < 4.78 is 5.03. The Labute approximate surface area is 253 Å². The van der Waals surface area contributed by atoms with Crippen LogP contribution in [0.2, 0.25) is 0 Å². The van der Waals surface area contributed by atoms with Crippen molar-refractivity contribution in [3.8, 4) is 5.69 Å². The molecular weight excluding hydrogens is 541 g/mol. The van der Waals surface area contributed by atoms with Gasteiger partial charge in [0.15, 0.2) is 0 Å². The summed E-state index contributed by atoms with van der Waals surface area (Å²) in [5.74, 6) is 0. The zero-order valence-corrected chi connectivity index (χ0v) is 24.1. The number of hydrogen-bond donors (Lipinski definition) is 0. The Morgan fingerprint density at radius 1 is 0.419 bits per heavy atom. The summed E-state index contributed by atoms with van der Waals surface area (Å²) in [4.78, 5) is 2.41. The Morgan fingerprint density at radius 3 is 1.98 bits per heavy atom. The molecule has 3 heteroatoms. The standard InChI is InChI=1S/C40H26N2S/c1-3-12-27(13-4-1)41(35-20-11-18-32-31(35)23-25-39-40(32)33-17-8-10-21-38(33)43-39)29-22-24-37-34(26-29)30-16-7-9-19-36(30)42(37)28-14-5-2-6-15-28/h1-26H. The summed E-state index contributed by atoms with van der Waals surface area (Å²) in [6.07, 6.45) is 0. The Hall–Kier alpha value is -5.38. The van der Waals surface area contributed by atoms with Crippen LogP contribution in [0.3, 0.4) is 0 Å². The second-order valence-corrected chi connectivity index (χ2v) is 12.1. The molecular formula is C40H26N2S. The number of rotatable bonds is 4. The maximum Gasteiger partial charge on any atom is 0.0542 e. The van der Waals surface area contributed by atoms with Crippen LogP contribution in [0.4, 0.5) is 17.1 Å². The van der Waals surface area contributed by atoms with Gasteiger partial charge in [0.25, 0.3) is 0 Å². The Bertz CT molecular complexity index is 2450. The van der Waals surface area contributed by atoms with Gasteiger partial charge in [-0.1, -0.05) is 91.0 Å². The van der Waals surface area contributed by atoms with Crippen molar-refractivity contribution in [2.75, 3.05) is 4.90 Å². The van der Waals surface area contributed by atoms with E-state index in [9.17, 15) is 0 Å². The lowest BCUT2D eigenvalue weighted by Crippen LogP contribution is -2.10. The topological polar surface area (TPSA) is 8.17 Å². The molecule has 0 radical (unpaired) electrons. The van der Waals surface area contributed by atoms with Crippen LogP contribution in [0, 0.1) is 0 Å². The van der Waals surface area contributed by atoms with Crippen molar-refractivity contribution in [1.82, 2.24) is 4.57 Å². The molecule has 0 atom stereocenters. The largest absolute Gasteiger partial charge is 0.310 e. The van der Waals surface area contributed by atoms with Crippen LogP contribution < -0.4 is 4.90 Å². The molecule has 2 nitrogen and oxygen atoms in total. The van der Waals surface area contributed by atoms with Crippen LogP contribution in [0.25, 0.3) is 58.4 Å². The molecule has 43 heavy (non-hydrogen) atoms. The minimum atomic E-state index is 1.14. The predicted molar refractivity (Wildman–Crippen MR) is 186 cm³/mol. The van der Waals surface area contributed by atoms with Gasteiger partial charge in [-0.15, -0.1) is 11.3 Å². The number of fused-ring (bicyclic) bond motifs is 8. The van der Waals surface area contributed by atoms with Gasteiger partial charge < -0.3 is 9.47 Å². The fourth-order valence-corrected chi connectivity index (χ4v) is 7.84. The predicted octanol–water partition coefficient (Wildman–Crippen LogP) is 11.8. The van der Waals surface area contributed by atoms with E-state index in [1.54, 1.807) is 0 Å². The fourth-order valence-electron chi connectivity index (χ4n) is 6.72. The highest BCUT2D eigenvalue weighted by Gasteiger charge is 2.19. The van der Waals surface area contributed by atoms with Crippen molar-refractivity contribution in [2.24, 2.45) is 0 Å². The summed E-state index contributed by atoms with van der Waals surface area (Å²) in [5.41, 5.74) is 7.03. The molecule has 0 aliphatic rings. The number of thiophene rings is 1. The summed E-state index contributed by atoms with van der Waals surface area (Å²) in [6.45, 7) is 0. The first kappa shape index (κ1) is 24.2. The smallest absolute Gasteiger partial charge is 0.0542 e. The highest BCUT2D eigenvalue weighted by atomic mass is 32.1. The number of aromatic nitrogens is 1. The molecule has 0 aliphatic heterocycles. The van der Waals surface area contributed by atoms with Gasteiger partial charge in [-0.3, -0.25) is 0 Å². The maximum atomic E-state index is 2.41. The fraction of sp³-hybridized carbons (Fsp3) is 0. The minimum absolute atomic E-state index is 1.14. The quantitative estimate of drug-likeness (QED) is 0.206. The average Bonchev–Trinajstić information content (AvgIpc) is 3.62. The normalized spacial score (nSPS) is 11.7. The molecule has 0 fully saturated rings. The molecule has 0 N–H and O–H groups in total. The lowest BCUT2D eigenvalue weighted by molar-refractivity contribution is 1.18. The average molecular weight is 567 g/mol. The summed E-state index contributed by atoms with van der Waals surface area (Å²) in [5, 5.41) is 7.69. The van der Waals surface area contributed by atoms with Crippen molar-refractivity contribution >= 4 is 81.1 Å². The van der Waals surface area contributed by atoms with Gasteiger partial charge in [0.05, 0.1) is 16.7 Å². The van der Waals surface area contributed by atoms with E-state index in [4.69, 9.17) is 0 Å². The zero-order valence-electron chi connectivity index (χ0n) is 23.3. The molecule has 0 bridgehead atoms. The monoisotopic (exact) mass is 566 g/mol. The first-order valence-electron chi connectivity index (χ1n) is 14.6. The first-order valence-corrected chi connectivity index (χ1v) is 15.4. The van der Waals surface area contributed by atoms with Crippen LogP contribution in [0.1, 0.15) is 0 Å². The molecule has 0 aliphatic carbocycles. The van der Waals surface area contributed by atoms with E-state index < -0.39 is 0 Å². The zero-order chi connectivity index (χ0) is 28.3. The van der Waals surface area contributed by atoms with Crippen LogP contribution in [0.5, 0.6) is 0 Å². The van der Waals surface area contributed by atoms with Crippen LogP contribution in [0.15, 0.2) is 158 Å². The molecule has 202 valence electrons. The molecule has 0 saturated carbocycles. The van der Waals surface area contributed by atoms with Gasteiger partial charge >= 0.3 is 0 Å². The Balaban J connectivity index is 1.33. The molecule has 9 rings (SSSR count). The second-order valence-electron chi connectivity index (χ2n) is 11.0. The molecule has 0 unspecified atom stereocenters. The second kappa shape index (κ2) is 9.59. The molecule has 2 heterocycles. The van der Waals surface area contributed by atoms with Crippen LogP contribution >= 0.6 is 11.3 Å². The van der Waals surface area contributed by atoms with E-state index in [1.807, 2.05) is 11.3 Å². The van der Waals surface area contributed by atoms with Crippen LogP contribution in [-0.2, 0) is 0 Å². The van der Waals surface area contributed by atoms with E-state index in [0.29, 0.717) is 0 Å². The van der Waals surface area contributed by atoms with Gasteiger partial charge in [-0.25, -0.2) is 0 Å². The summed E-state index contributed by atoms with van der Waals surface area (Å²) in [6, 6.07) is 57.1. The van der Waals surface area contributed by atoms with Crippen molar-refractivity contribution in [3.05, 3.63) is 158 Å². The van der Waals surface area contributed by atoms with Gasteiger partial charge in [0.1, 0.15) is 0 Å². The van der Waals surface area contributed by atoms with E-state index in [2.05, 4.69) is 167 Å². The SMILES string of the molecule is c1ccc(N(c2ccc3c(c2)c2ccccc2n3-c2ccccc2)c2cccc3c2ccc2sc4ccccc4c23)cc1. The van der Waals surface area contributed by atoms with E-state index >= 15 is 0 Å². The van der Waals surface area contributed by atoms with Gasteiger partial charge in [-0.2, -0.15) is 0 Å². The number of nitrogens with zero attached hydrogens (tertiary/aromatic N) is 2. The lowest BCUT2D eigenvalue weighted by Gasteiger charge is -2.27. The summed E-state index contributed by atoms with van der Waals surface area (Å²) in [7, 11) is 0. The highest BCUT2D eigenvalue weighted by molar-refractivity contribution is 7.26. The van der Waals surface area contributed by atoms with Gasteiger partial charge in [0, 0.05) is 53.4 Å². The molecule has 0 saturated heterocycles. The molecule has 7 aromatic carbocycles. The first-order chi connectivity index (χ1) is 21.3. The Morgan fingerprint density at radius 2 is 1.12 bits per heavy atom. The van der Waals surface area contributed by atoms with E-state index in [-0.39, 0.29) is 0 Å². The minimum Gasteiger partial charge on any atom is -0.310 e. The maximum absolute atomic E-state index is 2.41. The summed E-state index contributed by atoms with van der Waals surface area (Å²) >= 11 is 1.87. The van der Waals surface area contributed by atoms with Crippen LogP contribution in [-0.4, -0.2) is 4.57 Å². The molecule has 0 amide bonds. The third-order valence-corrected chi connectivity index (χ3v) is 9.70. The van der Waals surface area contributed by atoms with Crippen molar-refractivity contribution < 1.29 is 0 Å². The number of para-hydroxylation sites is 3. The molecule has 9 aromatic rings. The van der Waals surface area contributed by atoms with Crippen molar-refractivity contribution in [2.45, 2.75) is 0 Å². The van der Waals surface area contributed by atoms with Gasteiger partial charge in [-0.05, 0) is 72.1 Å². The molecule has 0 spiro atoms. The third kappa shape index (κ3) is 3.72. The Kier molecular flexibility index (Phi) is 5.40. The number of hydrogen-bond acceptors (Lipinski definition) is 2. The van der Waals surface area contributed by atoms with E-state index in [0.717, 1.165) is 11.4 Å². The van der Waals surface area contributed by atoms with Crippen molar-refractivity contribution in [3.63, 3.8) is 0 Å². The number of benzene rings is 7. The highest BCUT2D eigenvalue weighted by Crippen LogP contribution is 2.45. The lowest BCUT2D eigenvalue weighted by atomic mass is 10.0. The van der Waals surface area contributed by atoms with Crippen molar-refractivity contribution in [1.29, 1.82) is 0 Å². The van der Waals surface area contributed by atoms with E-state index in [1.165, 1.54) is 64.1 Å². The third-order valence-electron chi connectivity index (χ3n) is 8.56.